The van der Waals surface area contributed by atoms with E-state index in [0.29, 0.717) is 24.5 Å². The van der Waals surface area contributed by atoms with Gasteiger partial charge in [0.15, 0.2) is 0 Å². The molecule has 120 valence electrons. The fraction of sp³-hybridized carbons (Fsp3) is 0.250. The van der Waals surface area contributed by atoms with Crippen LogP contribution in [0.3, 0.4) is 0 Å². The third kappa shape index (κ3) is 4.58. The maximum atomic E-state index is 11.4. The second-order valence-corrected chi connectivity index (χ2v) is 4.62. The maximum Gasteiger partial charge on any atom is 0.356 e. The highest BCUT2D eigenvalue weighted by atomic mass is 16.5. The minimum atomic E-state index is -0.473. The Morgan fingerprint density at radius 1 is 0.870 bits per heavy atom. The van der Waals surface area contributed by atoms with Crippen molar-refractivity contribution in [3.8, 4) is 0 Å². The third-order valence-corrected chi connectivity index (χ3v) is 3.01. The lowest BCUT2D eigenvalue weighted by Crippen LogP contribution is -2.17. The van der Waals surface area contributed by atoms with Crippen LogP contribution in [0.5, 0.6) is 0 Å². The number of nitrogens with zero attached hydrogens (tertiary/aromatic N) is 2. The fourth-order valence-electron chi connectivity index (χ4n) is 1.91. The Hall–Kier alpha value is -2.80. The van der Waals surface area contributed by atoms with Crippen molar-refractivity contribution in [2.75, 3.05) is 14.2 Å². The summed E-state index contributed by atoms with van der Waals surface area (Å²) in [7, 11) is 2.63. The molecule has 2 aromatic rings. The summed E-state index contributed by atoms with van der Waals surface area (Å²) >= 11 is 0. The number of pyridine rings is 2. The quantitative estimate of drug-likeness (QED) is 0.804. The van der Waals surface area contributed by atoms with E-state index in [4.69, 9.17) is 0 Å². The molecule has 2 heterocycles. The summed E-state index contributed by atoms with van der Waals surface area (Å²) < 4.78 is 9.27. The van der Waals surface area contributed by atoms with Crippen molar-refractivity contribution in [2.45, 2.75) is 13.1 Å². The topological polar surface area (TPSA) is 90.4 Å². The van der Waals surface area contributed by atoms with Gasteiger partial charge in [-0.25, -0.2) is 19.6 Å². The van der Waals surface area contributed by atoms with E-state index in [2.05, 4.69) is 24.8 Å². The van der Waals surface area contributed by atoms with Gasteiger partial charge < -0.3 is 14.8 Å². The fourth-order valence-corrected chi connectivity index (χ4v) is 1.91. The Labute approximate surface area is 133 Å². The molecule has 23 heavy (non-hydrogen) atoms. The van der Waals surface area contributed by atoms with Crippen molar-refractivity contribution >= 4 is 11.9 Å². The molecule has 0 saturated carbocycles. The third-order valence-electron chi connectivity index (χ3n) is 3.01. The molecule has 0 radical (unpaired) electrons. The summed E-state index contributed by atoms with van der Waals surface area (Å²) in [5.41, 5.74) is 1.93. The molecule has 0 bridgehead atoms. The minimum Gasteiger partial charge on any atom is -0.464 e. The molecule has 0 aliphatic rings. The Kier molecular flexibility index (Phi) is 5.76. The molecule has 0 aromatic carbocycles. The van der Waals surface area contributed by atoms with Crippen molar-refractivity contribution in [3.63, 3.8) is 0 Å². The Balaban J connectivity index is 1.95. The second kappa shape index (κ2) is 8.00. The van der Waals surface area contributed by atoms with Gasteiger partial charge >= 0.3 is 11.9 Å². The predicted octanol–water partition coefficient (Wildman–Crippen LogP) is 1.34. The molecule has 7 nitrogen and oxygen atoms in total. The molecule has 0 saturated heterocycles. The van der Waals surface area contributed by atoms with Crippen molar-refractivity contribution < 1.29 is 19.1 Å². The number of aromatic nitrogens is 2. The second-order valence-electron chi connectivity index (χ2n) is 4.62. The number of carbonyl (C=O) groups is 2. The molecule has 2 rings (SSSR count). The van der Waals surface area contributed by atoms with Crippen LogP contribution in [0.15, 0.2) is 36.4 Å². The predicted molar refractivity (Wildman–Crippen MR) is 81.7 cm³/mol. The van der Waals surface area contributed by atoms with Gasteiger partial charge in [0.25, 0.3) is 0 Å². The van der Waals surface area contributed by atoms with Crippen LogP contribution >= 0.6 is 0 Å². The summed E-state index contributed by atoms with van der Waals surface area (Å²) in [6, 6.07) is 10.3. The molecule has 2 aromatic heterocycles. The molecule has 0 unspecified atom stereocenters. The molecule has 1 N–H and O–H groups in total. The number of ether oxygens (including phenoxy) is 2. The van der Waals surface area contributed by atoms with Crippen LogP contribution in [0, 0.1) is 0 Å². The Morgan fingerprint density at radius 3 is 1.70 bits per heavy atom. The van der Waals surface area contributed by atoms with E-state index in [0.717, 1.165) is 0 Å². The highest BCUT2D eigenvalue weighted by Crippen LogP contribution is 2.03. The van der Waals surface area contributed by atoms with Crippen LogP contribution in [0.1, 0.15) is 32.4 Å². The lowest BCUT2D eigenvalue weighted by molar-refractivity contribution is 0.0585. The zero-order chi connectivity index (χ0) is 16.7. The van der Waals surface area contributed by atoms with Crippen LogP contribution in [0.2, 0.25) is 0 Å². The molecule has 0 aliphatic carbocycles. The summed E-state index contributed by atoms with van der Waals surface area (Å²) in [4.78, 5) is 31.3. The van der Waals surface area contributed by atoms with Gasteiger partial charge in [-0.15, -0.1) is 0 Å². The van der Waals surface area contributed by atoms with Crippen LogP contribution in [0.25, 0.3) is 0 Å². The molecule has 0 fully saturated rings. The van der Waals surface area contributed by atoms with Crippen molar-refractivity contribution in [1.29, 1.82) is 0 Å². The normalized spacial score (nSPS) is 10.2. The standard InChI is InChI=1S/C16H17N3O4/c1-22-15(20)13-7-3-5-11(18-13)9-17-10-12-6-4-8-14(19-12)16(21)23-2/h3-8,17H,9-10H2,1-2H3. The molecule has 0 spiro atoms. The SMILES string of the molecule is COC(=O)c1cccc(CNCc2cccc(C(=O)OC)n2)n1. The number of carbonyl (C=O) groups excluding carboxylic acids is 2. The zero-order valence-electron chi connectivity index (χ0n) is 12.9. The van der Waals surface area contributed by atoms with E-state index in [1.165, 1.54) is 14.2 Å². The first-order valence-corrected chi connectivity index (χ1v) is 6.93. The smallest absolute Gasteiger partial charge is 0.356 e. The van der Waals surface area contributed by atoms with Gasteiger partial charge in [0.05, 0.1) is 25.6 Å². The van der Waals surface area contributed by atoms with Crippen molar-refractivity contribution in [3.05, 3.63) is 59.2 Å². The van der Waals surface area contributed by atoms with E-state index in [9.17, 15) is 9.59 Å². The lowest BCUT2D eigenvalue weighted by Gasteiger charge is -2.06. The number of rotatable bonds is 6. The maximum absolute atomic E-state index is 11.4. The van der Waals surface area contributed by atoms with Gasteiger partial charge in [0.1, 0.15) is 11.4 Å². The van der Waals surface area contributed by atoms with Crippen molar-refractivity contribution in [1.82, 2.24) is 15.3 Å². The summed E-state index contributed by atoms with van der Waals surface area (Å²) in [5.74, 6) is -0.946. The number of hydrogen-bond acceptors (Lipinski definition) is 7. The first kappa shape index (κ1) is 16.6. The lowest BCUT2D eigenvalue weighted by atomic mass is 10.2. The van der Waals surface area contributed by atoms with Gasteiger partial charge in [-0.1, -0.05) is 12.1 Å². The Morgan fingerprint density at radius 2 is 1.30 bits per heavy atom. The van der Waals surface area contributed by atoms with Crippen LogP contribution in [-0.4, -0.2) is 36.1 Å². The summed E-state index contributed by atoms with van der Waals surface area (Å²) in [6.07, 6.45) is 0. The largest absolute Gasteiger partial charge is 0.464 e. The highest BCUT2D eigenvalue weighted by molar-refractivity contribution is 5.87. The van der Waals surface area contributed by atoms with Gasteiger partial charge in [0, 0.05) is 13.1 Å². The Bertz CT molecular complexity index is 644. The summed E-state index contributed by atoms with van der Waals surface area (Å²) in [6.45, 7) is 0.907. The van der Waals surface area contributed by atoms with E-state index in [1.54, 1.807) is 36.4 Å². The number of methoxy groups -OCH3 is 2. The molecule has 7 heteroatoms. The van der Waals surface area contributed by atoms with Gasteiger partial charge in [-0.2, -0.15) is 0 Å². The number of esters is 2. The minimum absolute atomic E-state index is 0.262. The molecule has 0 amide bonds. The summed E-state index contributed by atoms with van der Waals surface area (Å²) in [5, 5.41) is 3.16. The van der Waals surface area contributed by atoms with Gasteiger partial charge in [-0.3, -0.25) is 0 Å². The first-order valence-electron chi connectivity index (χ1n) is 6.93. The first-order chi connectivity index (χ1) is 11.1. The molecule has 0 aliphatic heterocycles. The highest BCUT2D eigenvalue weighted by Gasteiger charge is 2.09. The average molecular weight is 315 g/mol. The van der Waals surface area contributed by atoms with E-state index in [-0.39, 0.29) is 11.4 Å². The van der Waals surface area contributed by atoms with Crippen LogP contribution in [0.4, 0.5) is 0 Å². The number of hydrogen-bond donors (Lipinski definition) is 1. The van der Waals surface area contributed by atoms with Gasteiger partial charge in [-0.05, 0) is 24.3 Å². The molecular weight excluding hydrogens is 298 g/mol. The van der Waals surface area contributed by atoms with Crippen molar-refractivity contribution in [2.24, 2.45) is 0 Å². The number of nitrogens with one attached hydrogen (secondary N) is 1. The molecular formula is C16H17N3O4. The van der Waals surface area contributed by atoms with E-state index >= 15 is 0 Å². The van der Waals surface area contributed by atoms with Crippen LogP contribution in [-0.2, 0) is 22.6 Å². The van der Waals surface area contributed by atoms with E-state index < -0.39 is 11.9 Å². The van der Waals surface area contributed by atoms with Crippen LogP contribution < -0.4 is 5.32 Å². The monoisotopic (exact) mass is 315 g/mol. The van der Waals surface area contributed by atoms with Gasteiger partial charge in [0.2, 0.25) is 0 Å². The van der Waals surface area contributed by atoms with E-state index in [1.807, 2.05) is 0 Å². The average Bonchev–Trinajstić information content (AvgIpc) is 2.61. The zero-order valence-corrected chi connectivity index (χ0v) is 12.9. The molecule has 0 atom stereocenters.